The van der Waals surface area contributed by atoms with E-state index in [9.17, 15) is 14.4 Å². The molecule has 0 aromatic heterocycles. The van der Waals surface area contributed by atoms with Crippen LogP contribution in [0.15, 0.2) is 0 Å². The molecule has 0 spiro atoms. The van der Waals surface area contributed by atoms with E-state index in [1.807, 2.05) is 46.4 Å². The van der Waals surface area contributed by atoms with E-state index in [1.165, 1.54) is 0 Å². The van der Waals surface area contributed by atoms with E-state index in [1.54, 1.807) is 27.7 Å². The molecule has 0 bridgehead atoms. The van der Waals surface area contributed by atoms with Crippen LogP contribution in [0.25, 0.3) is 0 Å². The van der Waals surface area contributed by atoms with Gasteiger partial charge in [0.1, 0.15) is 11.1 Å². The van der Waals surface area contributed by atoms with Crippen LogP contribution in [0.3, 0.4) is 0 Å². The molecule has 0 aromatic carbocycles. The van der Waals surface area contributed by atoms with Gasteiger partial charge in [-0.2, -0.15) is 0 Å². The smallest absolute Gasteiger partial charge is 0.457 e. The van der Waals surface area contributed by atoms with Crippen LogP contribution in [0.1, 0.15) is 108 Å². The maximum absolute atomic E-state index is 13.6. The second-order valence-corrected chi connectivity index (χ2v) is 13.8. The quantitative estimate of drug-likeness (QED) is 0.169. The van der Waals surface area contributed by atoms with Gasteiger partial charge in [0.25, 0.3) is 0 Å². The van der Waals surface area contributed by atoms with Gasteiger partial charge in [0.15, 0.2) is 0 Å². The Morgan fingerprint density at radius 1 is 1.00 bits per heavy atom. The van der Waals surface area contributed by atoms with Gasteiger partial charge in [-0.15, -0.1) is 0 Å². The molecule has 42 heavy (non-hydrogen) atoms. The van der Waals surface area contributed by atoms with E-state index >= 15 is 0 Å². The number of rotatable bonds is 14. The van der Waals surface area contributed by atoms with Crippen molar-refractivity contribution in [1.82, 2.24) is 15.1 Å². The molecule has 0 aliphatic carbocycles. The monoisotopic (exact) mass is 595 g/mol. The average molecular weight is 596 g/mol. The third-order valence-electron chi connectivity index (χ3n) is 8.79. The van der Waals surface area contributed by atoms with Crippen molar-refractivity contribution in [2.75, 3.05) is 39.3 Å². The zero-order valence-corrected chi connectivity index (χ0v) is 28.1. The molecule has 2 atom stereocenters. The minimum atomic E-state index is -1.26. The Morgan fingerprint density at radius 2 is 1.62 bits per heavy atom. The predicted molar refractivity (Wildman–Crippen MR) is 165 cm³/mol. The standard InChI is InChI=1S/C31H58BN3O7/c1-11-35(12-2)25(36)24-17-16-21-34(23-24)22-19-31(26(37)39-13-3,33-27(38)40-28(4,5)6)18-14-15-20-32-41-29(7,8)30(9,10)42-32/h24H,11-23H2,1-10H3,(H,33,38). The van der Waals surface area contributed by atoms with Crippen molar-refractivity contribution in [2.45, 2.75) is 136 Å². The number of carbonyl (C=O) groups excluding carboxylic acids is 3. The largest absolute Gasteiger partial charge is 0.464 e. The lowest BCUT2D eigenvalue weighted by atomic mass is 9.80. The molecule has 2 saturated heterocycles. The van der Waals surface area contributed by atoms with Crippen LogP contribution in [0.2, 0.25) is 6.32 Å². The topological polar surface area (TPSA) is 107 Å². The number of carbonyl (C=O) groups is 3. The van der Waals surface area contributed by atoms with Gasteiger partial charge in [-0.05, 0) is 108 Å². The Labute approximate surface area is 255 Å². The van der Waals surface area contributed by atoms with Crippen molar-refractivity contribution >= 4 is 25.1 Å². The average Bonchev–Trinajstić information content (AvgIpc) is 3.10. The van der Waals surface area contributed by atoms with Gasteiger partial charge in [-0.25, -0.2) is 9.59 Å². The molecule has 2 amide bonds. The highest BCUT2D eigenvalue weighted by Crippen LogP contribution is 2.38. The third kappa shape index (κ3) is 10.1. The summed E-state index contributed by atoms with van der Waals surface area (Å²) < 4.78 is 23.4. The summed E-state index contributed by atoms with van der Waals surface area (Å²) in [7, 11) is -0.320. The van der Waals surface area contributed by atoms with E-state index in [0.29, 0.717) is 51.8 Å². The van der Waals surface area contributed by atoms with E-state index < -0.39 is 34.4 Å². The number of ether oxygens (including phenoxy) is 2. The summed E-state index contributed by atoms with van der Waals surface area (Å²) in [5.41, 5.74) is -2.77. The van der Waals surface area contributed by atoms with E-state index in [-0.39, 0.29) is 25.6 Å². The highest BCUT2D eigenvalue weighted by atomic mass is 16.7. The first-order valence-electron chi connectivity index (χ1n) is 16.0. The molecular weight excluding hydrogens is 537 g/mol. The van der Waals surface area contributed by atoms with Crippen LogP contribution in [-0.2, 0) is 28.4 Å². The van der Waals surface area contributed by atoms with Crippen molar-refractivity contribution in [3.63, 3.8) is 0 Å². The maximum Gasteiger partial charge on any atom is 0.457 e. The Bertz CT molecular complexity index is 887. The molecule has 242 valence electrons. The van der Waals surface area contributed by atoms with Crippen molar-refractivity contribution in [3.05, 3.63) is 0 Å². The molecule has 0 radical (unpaired) electrons. The lowest BCUT2D eigenvalue weighted by Crippen LogP contribution is -2.58. The van der Waals surface area contributed by atoms with Crippen molar-refractivity contribution in [1.29, 1.82) is 0 Å². The maximum atomic E-state index is 13.6. The molecule has 11 heteroatoms. The first-order chi connectivity index (χ1) is 19.5. The van der Waals surface area contributed by atoms with Crippen molar-refractivity contribution in [2.24, 2.45) is 5.92 Å². The van der Waals surface area contributed by atoms with Crippen molar-refractivity contribution in [3.8, 4) is 0 Å². The van der Waals surface area contributed by atoms with Gasteiger partial charge in [-0.1, -0.05) is 12.8 Å². The number of unbranched alkanes of at least 4 members (excludes halogenated alkanes) is 1. The highest BCUT2D eigenvalue weighted by Gasteiger charge is 2.50. The molecule has 10 nitrogen and oxygen atoms in total. The minimum absolute atomic E-state index is 0.0608. The molecule has 0 aromatic rings. The molecular formula is C31H58BN3O7. The number of nitrogens with zero attached hydrogens (tertiary/aromatic N) is 2. The molecule has 1 N–H and O–H groups in total. The van der Waals surface area contributed by atoms with Crippen LogP contribution < -0.4 is 5.32 Å². The number of amides is 2. The molecule has 0 saturated carbocycles. The SMILES string of the molecule is CCOC(=O)C(CCCCB1OC(C)(C)C(C)(C)O1)(CCN1CCCC(C(=O)N(CC)CC)C1)NC(=O)OC(C)(C)C. The summed E-state index contributed by atoms with van der Waals surface area (Å²) in [6.45, 7) is 22.9. The Kier molecular flexibility index (Phi) is 13.2. The zero-order chi connectivity index (χ0) is 31.8. The second-order valence-electron chi connectivity index (χ2n) is 13.8. The number of esters is 1. The van der Waals surface area contributed by atoms with Crippen LogP contribution in [0.4, 0.5) is 4.79 Å². The third-order valence-corrected chi connectivity index (χ3v) is 8.79. The molecule has 2 aliphatic heterocycles. The zero-order valence-electron chi connectivity index (χ0n) is 28.1. The number of piperidine rings is 1. The molecule has 2 unspecified atom stereocenters. The van der Waals surface area contributed by atoms with Gasteiger partial charge in [0.2, 0.25) is 5.91 Å². The summed E-state index contributed by atoms with van der Waals surface area (Å²) in [4.78, 5) is 43.8. The number of hydrogen-bond donors (Lipinski definition) is 1. The summed E-state index contributed by atoms with van der Waals surface area (Å²) in [6, 6.07) is 0. The number of hydrogen-bond acceptors (Lipinski definition) is 8. The molecule has 2 fully saturated rings. The van der Waals surface area contributed by atoms with Crippen LogP contribution in [-0.4, -0.2) is 96.6 Å². The first kappa shape index (κ1) is 36.3. The Morgan fingerprint density at radius 3 is 2.17 bits per heavy atom. The lowest BCUT2D eigenvalue weighted by molar-refractivity contribution is -0.152. The summed E-state index contributed by atoms with van der Waals surface area (Å²) in [5.74, 6) is -0.329. The number of alkyl carbamates (subject to hydrolysis) is 1. The van der Waals surface area contributed by atoms with Gasteiger partial charge >= 0.3 is 19.2 Å². The second kappa shape index (κ2) is 15.2. The fourth-order valence-corrected chi connectivity index (χ4v) is 5.70. The predicted octanol–water partition coefficient (Wildman–Crippen LogP) is 5.05. The summed E-state index contributed by atoms with van der Waals surface area (Å²) in [6.07, 6.45) is 3.96. The van der Waals surface area contributed by atoms with Gasteiger partial charge in [-0.3, -0.25) is 4.79 Å². The summed E-state index contributed by atoms with van der Waals surface area (Å²) >= 11 is 0. The Hall–Kier alpha value is -1.85. The van der Waals surface area contributed by atoms with E-state index in [2.05, 4.69) is 10.2 Å². The first-order valence-corrected chi connectivity index (χ1v) is 16.0. The lowest BCUT2D eigenvalue weighted by Gasteiger charge is -2.38. The fraction of sp³-hybridized carbons (Fsp3) is 0.903. The Balaban J connectivity index is 2.17. The van der Waals surface area contributed by atoms with Crippen molar-refractivity contribution < 1.29 is 33.2 Å². The van der Waals surface area contributed by atoms with Gasteiger partial charge in [0, 0.05) is 26.2 Å². The van der Waals surface area contributed by atoms with E-state index in [0.717, 1.165) is 25.8 Å². The summed E-state index contributed by atoms with van der Waals surface area (Å²) in [5, 5.41) is 2.94. The number of likely N-dealkylation sites (tertiary alicyclic amines) is 1. The van der Waals surface area contributed by atoms with Crippen LogP contribution in [0, 0.1) is 5.92 Å². The minimum Gasteiger partial charge on any atom is -0.464 e. The highest BCUT2D eigenvalue weighted by molar-refractivity contribution is 6.45. The van der Waals surface area contributed by atoms with Gasteiger partial charge < -0.3 is 33.9 Å². The van der Waals surface area contributed by atoms with E-state index in [4.69, 9.17) is 18.8 Å². The molecule has 2 heterocycles. The molecule has 2 aliphatic rings. The van der Waals surface area contributed by atoms with Gasteiger partial charge in [0.05, 0.1) is 23.7 Å². The molecule has 2 rings (SSSR count). The van der Waals surface area contributed by atoms with Crippen LogP contribution in [0.5, 0.6) is 0 Å². The normalized spacial score (nSPS) is 21.9. The fourth-order valence-electron chi connectivity index (χ4n) is 5.70. The number of nitrogens with one attached hydrogen (secondary N) is 1. The van der Waals surface area contributed by atoms with Crippen LogP contribution >= 0.6 is 0 Å².